The molecule has 0 aromatic carbocycles. The first-order valence-electron chi connectivity index (χ1n) is 10.3. The fourth-order valence-electron chi connectivity index (χ4n) is 3.76. The number of H-pyrrole nitrogens is 1. The average Bonchev–Trinajstić information content (AvgIpc) is 3.13. The second kappa shape index (κ2) is 8.67. The predicted molar refractivity (Wildman–Crippen MR) is 122 cm³/mol. The van der Waals surface area contributed by atoms with Gasteiger partial charge in [-0.25, -0.2) is 18.7 Å². The average molecular weight is 451 g/mol. The normalized spacial score (nSPS) is 11.8. The Morgan fingerprint density at radius 1 is 1.18 bits per heavy atom. The fraction of sp³-hybridized carbons (Fsp3) is 0.250. The Balaban J connectivity index is 1.99. The van der Waals surface area contributed by atoms with Gasteiger partial charge in [-0.2, -0.15) is 0 Å². The molecule has 0 aliphatic heterocycles. The number of nitrogens with zero attached hydrogens (tertiary/aromatic N) is 3. The van der Waals surface area contributed by atoms with Crippen LogP contribution in [0.4, 0.5) is 14.6 Å². The Labute approximate surface area is 188 Å². The van der Waals surface area contributed by atoms with E-state index in [-0.39, 0.29) is 11.6 Å². The number of alkyl halides is 2. The van der Waals surface area contributed by atoms with E-state index in [0.717, 1.165) is 5.56 Å². The van der Waals surface area contributed by atoms with Crippen LogP contribution in [0.5, 0.6) is 0 Å². The molecule has 3 N–H and O–H groups in total. The first-order valence-corrected chi connectivity index (χ1v) is 10.3. The minimum atomic E-state index is -2.72. The number of amides is 1. The molecule has 0 radical (unpaired) electrons. The number of fused-ring (bicyclic) bond motifs is 1. The van der Waals surface area contributed by atoms with Gasteiger partial charge in [0.2, 0.25) is 5.91 Å². The van der Waals surface area contributed by atoms with Gasteiger partial charge in [0.25, 0.3) is 6.43 Å². The SMILES string of the molecule is CC(=O)Nc1cc(-c2[nH]c3c(CC(C)(C)O)ccnc3c2-c2cccc(C(F)F)n2)ccn1. The molecule has 1 amide bonds. The minimum Gasteiger partial charge on any atom is -0.390 e. The highest BCUT2D eigenvalue weighted by Crippen LogP contribution is 2.39. The summed E-state index contributed by atoms with van der Waals surface area (Å²) in [6, 6.07) is 9.69. The number of aliphatic hydroxyl groups is 1. The van der Waals surface area contributed by atoms with Crippen LogP contribution in [0.2, 0.25) is 0 Å². The molecule has 0 aliphatic rings. The van der Waals surface area contributed by atoms with E-state index in [1.807, 2.05) is 6.07 Å². The molecule has 9 heteroatoms. The molecule has 0 aliphatic carbocycles. The van der Waals surface area contributed by atoms with Crippen LogP contribution < -0.4 is 5.32 Å². The molecule has 4 heterocycles. The van der Waals surface area contributed by atoms with Gasteiger partial charge in [0, 0.05) is 31.3 Å². The van der Waals surface area contributed by atoms with Crippen molar-refractivity contribution in [1.82, 2.24) is 19.9 Å². The van der Waals surface area contributed by atoms with Gasteiger partial charge in [0.15, 0.2) is 0 Å². The van der Waals surface area contributed by atoms with E-state index in [4.69, 9.17) is 0 Å². The maximum absolute atomic E-state index is 13.4. The molecule has 4 aromatic rings. The van der Waals surface area contributed by atoms with Crippen molar-refractivity contribution in [2.24, 2.45) is 0 Å². The van der Waals surface area contributed by atoms with Crippen molar-refractivity contribution in [3.8, 4) is 22.5 Å². The predicted octanol–water partition coefficient (Wildman–Crippen LogP) is 4.90. The Morgan fingerprint density at radius 3 is 2.64 bits per heavy atom. The van der Waals surface area contributed by atoms with Crippen molar-refractivity contribution in [1.29, 1.82) is 0 Å². The summed E-state index contributed by atoms with van der Waals surface area (Å²) in [5.41, 5.74) is 2.87. The molecule has 0 fully saturated rings. The Morgan fingerprint density at radius 2 is 1.94 bits per heavy atom. The molecule has 33 heavy (non-hydrogen) atoms. The molecule has 7 nitrogen and oxygen atoms in total. The summed E-state index contributed by atoms with van der Waals surface area (Å²) in [5, 5.41) is 13.0. The third kappa shape index (κ3) is 4.88. The van der Waals surface area contributed by atoms with E-state index in [1.165, 1.54) is 19.1 Å². The molecule has 0 atom stereocenters. The van der Waals surface area contributed by atoms with Gasteiger partial charge in [-0.1, -0.05) is 6.07 Å². The number of hydrogen-bond donors (Lipinski definition) is 3. The van der Waals surface area contributed by atoms with Gasteiger partial charge in [-0.15, -0.1) is 0 Å². The quantitative estimate of drug-likeness (QED) is 0.387. The maximum atomic E-state index is 13.4. The van der Waals surface area contributed by atoms with E-state index in [1.54, 1.807) is 44.4 Å². The van der Waals surface area contributed by atoms with Crippen LogP contribution in [0.25, 0.3) is 33.5 Å². The lowest BCUT2D eigenvalue weighted by atomic mass is 9.98. The summed E-state index contributed by atoms with van der Waals surface area (Å²) in [6.45, 7) is 4.80. The van der Waals surface area contributed by atoms with Crippen molar-refractivity contribution in [3.63, 3.8) is 0 Å². The number of hydrogen-bond acceptors (Lipinski definition) is 5. The van der Waals surface area contributed by atoms with Crippen LogP contribution in [0.1, 0.15) is 38.5 Å². The third-order valence-electron chi connectivity index (χ3n) is 5.00. The fourth-order valence-corrected chi connectivity index (χ4v) is 3.76. The van der Waals surface area contributed by atoms with Crippen molar-refractivity contribution >= 4 is 22.8 Å². The zero-order chi connectivity index (χ0) is 23.8. The second-order valence-corrected chi connectivity index (χ2v) is 8.42. The van der Waals surface area contributed by atoms with E-state index in [9.17, 15) is 18.7 Å². The second-order valence-electron chi connectivity index (χ2n) is 8.42. The molecular weight excluding hydrogens is 428 g/mol. The van der Waals surface area contributed by atoms with Crippen molar-refractivity contribution in [2.45, 2.75) is 39.2 Å². The standard InChI is InChI=1S/C24H23F2N5O2/c1-13(32)29-18-11-14(7-9-27-18)20-19(16-5-4-6-17(30-16)23(25)26)22-21(31-20)15(8-10-28-22)12-24(2,3)33/h4-11,23,31,33H,12H2,1-3H3,(H,27,29,32). The number of carbonyl (C=O) groups excluding carboxylic acids is 1. The first kappa shape index (κ1) is 22.5. The molecule has 4 aromatic heterocycles. The van der Waals surface area contributed by atoms with Crippen molar-refractivity contribution in [2.75, 3.05) is 5.32 Å². The number of aromatic nitrogens is 4. The maximum Gasteiger partial charge on any atom is 0.280 e. The van der Waals surface area contributed by atoms with Gasteiger partial charge in [-0.3, -0.25) is 9.78 Å². The van der Waals surface area contributed by atoms with Gasteiger partial charge in [0.05, 0.1) is 33.6 Å². The van der Waals surface area contributed by atoms with Crippen LogP contribution in [-0.4, -0.2) is 36.6 Å². The number of pyridine rings is 3. The zero-order valence-electron chi connectivity index (χ0n) is 18.4. The number of anilines is 1. The summed E-state index contributed by atoms with van der Waals surface area (Å²) in [7, 11) is 0. The third-order valence-corrected chi connectivity index (χ3v) is 5.00. The highest BCUT2D eigenvalue weighted by Gasteiger charge is 2.23. The summed E-state index contributed by atoms with van der Waals surface area (Å²) in [5.74, 6) is 0.0838. The summed E-state index contributed by atoms with van der Waals surface area (Å²) in [4.78, 5) is 27.7. The van der Waals surface area contributed by atoms with Gasteiger partial charge in [0.1, 0.15) is 11.5 Å². The number of aromatic amines is 1. The van der Waals surface area contributed by atoms with Gasteiger partial charge < -0.3 is 15.4 Å². The monoisotopic (exact) mass is 451 g/mol. The van der Waals surface area contributed by atoms with Crippen LogP contribution in [0.3, 0.4) is 0 Å². The first-order chi connectivity index (χ1) is 15.6. The lowest BCUT2D eigenvalue weighted by Crippen LogP contribution is -2.22. The lowest BCUT2D eigenvalue weighted by molar-refractivity contribution is -0.114. The molecule has 0 saturated carbocycles. The topological polar surface area (TPSA) is 104 Å². The minimum absolute atomic E-state index is 0.267. The largest absolute Gasteiger partial charge is 0.390 e. The molecule has 0 bridgehead atoms. The molecule has 0 saturated heterocycles. The molecular formula is C24H23F2N5O2. The van der Waals surface area contributed by atoms with E-state index >= 15 is 0 Å². The number of halogens is 2. The zero-order valence-corrected chi connectivity index (χ0v) is 18.4. The van der Waals surface area contributed by atoms with E-state index < -0.39 is 12.0 Å². The Kier molecular flexibility index (Phi) is 5.90. The number of rotatable bonds is 6. The highest BCUT2D eigenvalue weighted by molar-refractivity contribution is 6.02. The van der Waals surface area contributed by atoms with Crippen LogP contribution in [-0.2, 0) is 11.2 Å². The Hall–Kier alpha value is -3.72. The highest BCUT2D eigenvalue weighted by atomic mass is 19.3. The van der Waals surface area contributed by atoms with Crippen LogP contribution in [0, 0.1) is 0 Å². The lowest BCUT2D eigenvalue weighted by Gasteiger charge is -2.17. The summed E-state index contributed by atoms with van der Waals surface area (Å²) >= 11 is 0. The van der Waals surface area contributed by atoms with E-state index in [2.05, 4.69) is 25.3 Å². The molecule has 0 spiro atoms. The number of carbonyl (C=O) groups is 1. The van der Waals surface area contributed by atoms with Gasteiger partial charge in [-0.05, 0) is 49.7 Å². The molecule has 170 valence electrons. The van der Waals surface area contributed by atoms with Crippen molar-refractivity contribution in [3.05, 3.63) is 60.0 Å². The van der Waals surface area contributed by atoms with E-state index in [0.29, 0.717) is 45.8 Å². The Bertz CT molecular complexity index is 1330. The summed E-state index contributed by atoms with van der Waals surface area (Å²) in [6.07, 6.45) is 0.800. The van der Waals surface area contributed by atoms with Crippen LogP contribution >= 0.6 is 0 Å². The van der Waals surface area contributed by atoms with Gasteiger partial charge >= 0.3 is 0 Å². The molecule has 0 unspecified atom stereocenters. The van der Waals surface area contributed by atoms with Crippen molar-refractivity contribution < 1.29 is 18.7 Å². The summed E-state index contributed by atoms with van der Waals surface area (Å²) < 4.78 is 26.8. The smallest absolute Gasteiger partial charge is 0.280 e. The number of nitrogens with one attached hydrogen (secondary N) is 2. The van der Waals surface area contributed by atoms with Crippen LogP contribution in [0.15, 0.2) is 48.8 Å². The molecule has 4 rings (SSSR count).